The molecule has 0 amide bonds. The molecule has 1 aliphatic rings. The number of halogens is 2. The Labute approximate surface area is 60.0 Å². The standard InChI is InChI=1S/C7H12F2N/c8-7(9)6-10-4-2-1-3-5-10/h4,7H,1-3,5-6H2. The van der Waals surface area contributed by atoms with E-state index in [1.165, 1.54) is 0 Å². The van der Waals surface area contributed by atoms with Crippen LogP contribution in [0.2, 0.25) is 0 Å². The molecule has 0 bridgehead atoms. The van der Waals surface area contributed by atoms with Gasteiger partial charge in [0.25, 0.3) is 6.43 Å². The van der Waals surface area contributed by atoms with Crippen LogP contribution in [0.5, 0.6) is 0 Å². The van der Waals surface area contributed by atoms with Gasteiger partial charge in [0.05, 0.1) is 6.54 Å². The Kier molecular flexibility index (Phi) is 3.06. The minimum Gasteiger partial charge on any atom is -0.293 e. The molecule has 0 aromatic heterocycles. The summed E-state index contributed by atoms with van der Waals surface area (Å²) >= 11 is 0. The molecular formula is C7H12F2N. The van der Waals surface area contributed by atoms with Crippen molar-refractivity contribution in [2.24, 2.45) is 0 Å². The van der Waals surface area contributed by atoms with Crippen LogP contribution in [-0.4, -0.2) is 24.4 Å². The Morgan fingerprint density at radius 2 is 2.20 bits per heavy atom. The fraction of sp³-hybridized carbons (Fsp3) is 0.857. The molecule has 0 spiro atoms. The molecule has 0 aromatic carbocycles. The van der Waals surface area contributed by atoms with E-state index in [2.05, 4.69) is 0 Å². The van der Waals surface area contributed by atoms with Crippen LogP contribution in [0.25, 0.3) is 0 Å². The highest BCUT2D eigenvalue weighted by Crippen LogP contribution is 2.13. The Balaban J connectivity index is 2.13. The molecule has 0 saturated carbocycles. The number of rotatable bonds is 2. The predicted octanol–water partition coefficient (Wildman–Crippen LogP) is 1.90. The molecule has 0 N–H and O–H groups in total. The molecule has 0 unspecified atom stereocenters. The van der Waals surface area contributed by atoms with Crippen molar-refractivity contribution in [2.75, 3.05) is 13.1 Å². The highest BCUT2D eigenvalue weighted by molar-refractivity contribution is 4.74. The van der Waals surface area contributed by atoms with Gasteiger partial charge in [-0.15, -0.1) is 0 Å². The first-order chi connectivity index (χ1) is 4.79. The molecule has 0 atom stereocenters. The second kappa shape index (κ2) is 3.86. The summed E-state index contributed by atoms with van der Waals surface area (Å²) in [6.45, 7) is 2.61. The molecule has 1 rings (SSSR count). The fourth-order valence-electron chi connectivity index (χ4n) is 1.17. The van der Waals surface area contributed by atoms with Crippen molar-refractivity contribution in [3.63, 3.8) is 0 Å². The van der Waals surface area contributed by atoms with Crippen molar-refractivity contribution in [1.82, 2.24) is 4.90 Å². The van der Waals surface area contributed by atoms with Gasteiger partial charge in [0.15, 0.2) is 0 Å². The van der Waals surface area contributed by atoms with E-state index in [9.17, 15) is 8.78 Å². The lowest BCUT2D eigenvalue weighted by atomic mass is 10.1. The lowest BCUT2D eigenvalue weighted by molar-refractivity contribution is 0.0936. The van der Waals surface area contributed by atoms with Gasteiger partial charge in [-0.1, -0.05) is 6.42 Å². The zero-order valence-electron chi connectivity index (χ0n) is 5.89. The number of hydrogen-bond donors (Lipinski definition) is 0. The molecule has 10 heavy (non-hydrogen) atoms. The molecule has 1 heterocycles. The SMILES string of the molecule is FC(F)CN1[CH]CCCC1. The minimum absolute atomic E-state index is 0.0833. The third-order valence-electron chi connectivity index (χ3n) is 1.66. The number of likely N-dealkylation sites (tertiary alicyclic amines) is 1. The molecule has 1 aliphatic heterocycles. The van der Waals surface area contributed by atoms with E-state index in [1.54, 1.807) is 4.90 Å². The maximum atomic E-state index is 11.8. The molecule has 0 aromatic rings. The molecular weight excluding hydrogens is 136 g/mol. The zero-order valence-corrected chi connectivity index (χ0v) is 5.89. The van der Waals surface area contributed by atoms with Gasteiger partial charge in [-0.3, -0.25) is 4.90 Å². The summed E-state index contributed by atoms with van der Waals surface area (Å²) in [5.41, 5.74) is 0. The monoisotopic (exact) mass is 148 g/mol. The number of nitrogens with zero attached hydrogens (tertiary/aromatic N) is 1. The average molecular weight is 148 g/mol. The summed E-state index contributed by atoms with van der Waals surface area (Å²) in [5.74, 6) is 0. The van der Waals surface area contributed by atoms with Crippen LogP contribution in [0.15, 0.2) is 0 Å². The first-order valence-corrected chi connectivity index (χ1v) is 3.64. The van der Waals surface area contributed by atoms with Gasteiger partial charge < -0.3 is 0 Å². The lowest BCUT2D eigenvalue weighted by Gasteiger charge is -2.24. The third-order valence-corrected chi connectivity index (χ3v) is 1.66. The van der Waals surface area contributed by atoms with E-state index in [4.69, 9.17) is 0 Å². The maximum Gasteiger partial charge on any atom is 0.251 e. The maximum absolute atomic E-state index is 11.8. The fourth-order valence-corrected chi connectivity index (χ4v) is 1.17. The minimum atomic E-state index is -2.19. The van der Waals surface area contributed by atoms with Crippen molar-refractivity contribution in [1.29, 1.82) is 0 Å². The van der Waals surface area contributed by atoms with Crippen molar-refractivity contribution in [2.45, 2.75) is 25.7 Å². The van der Waals surface area contributed by atoms with E-state index >= 15 is 0 Å². The van der Waals surface area contributed by atoms with Gasteiger partial charge in [0.2, 0.25) is 0 Å². The predicted molar refractivity (Wildman–Crippen MR) is 35.7 cm³/mol. The van der Waals surface area contributed by atoms with Crippen LogP contribution in [0.3, 0.4) is 0 Å². The van der Waals surface area contributed by atoms with Crippen LogP contribution < -0.4 is 0 Å². The Morgan fingerprint density at radius 1 is 1.40 bits per heavy atom. The summed E-state index contributed by atoms with van der Waals surface area (Å²) < 4.78 is 23.5. The smallest absolute Gasteiger partial charge is 0.251 e. The zero-order chi connectivity index (χ0) is 7.40. The van der Waals surface area contributed by atoms with Gasteiger partial charge >= 0.3 is 0 Å². The van der Waals surface area contributed by atoms with Gasteiger partial charge in [0, 0.05) is 6.54 Å². The normalized spacial score (nSPS) is 21.9. The van der Waals surface area contributed by atoms with Crippen molar-refractivity contribution < 1.29 is 8.78 Å². The van der Waals surface area contributed by atoms with Crippen LogP contribution >= 0.6 is 0 Å². The topological polar surface area (TPSA) is 3.24 Å². The van der Waals surface area contributed by atoms with Gasteiger partial charge in [-0.25, -0.2) is 8.78 Å². The van der Waals surface area contributed by atoms with Crippen LogP contribution in [0.1, 0.15) is 19.3 Å². The Hall–Kier alpha value is -0.180. The van der Waals surface area contributed by atoms with E-state index in [1.807, 2.05) is 6.54 Å². The van der Waals surface area contributed by atoms with E-state index in [0.717, 1.165) is 25.8 Å². The molecule has 1 nitrogen and oxygen atoms in total. The summed E-state index contributed by atoms with van der Waals surface area (Å²) in [7, 11) is 0. The van der Waals surface area contributed by atoms with Crippen LogP contribution in [0.4, 0.5) is 8.78 Å². The van der Waals surface area contributed by atoms with Gasteiger partial charge in [-0.05, 0) is 19.4 Å². The van der Waals surface area contributed by atoms with E-state index < -0.39 is 6.43 Å². The summed E-state index contributed by atoms with van der Waals surface area (Å²) in [6, 6.07) is 0. The number of piperidine rings is 1. The molecule has 1 fully saturated rings. The average Bonchev–Trinajstić information content (AvgIpc) is 1.88. The van der Waals surface area contributed by atoms with Crippen molar-refractivity contribution in [3.05, 3.63) is 6.54 Å². The first-order valence-electron chi connectivity index (χ1n) is 3.64. The van der Waals surface area contributed by atoms with E-state index in [-0.39, 0.29) is 6.54 Å². The molecule has 1 saturated heterocycles. The Bertz CT molecular complexity index is 89.6. The van der Waals surface area contributed by atoms with Crippen LogP contribution in [0, 0.1) is 6.54 Å². The largest absolute Gasteiger partial charge is 0.293 e. The van der Waals surface area contributed by atoms with Crippen LogP contribution in [-0.2, 0) is 0 Å². The molecule has 0 aliphatic carbocycles. The molecule has 1 radical (unpaired) electrons. The molecule has 59 valence electrons. The van der Waals surface area contributed by atoms with E-state index in [0.29, 0.717) is 0 Å². The first kappa shape index (κ1) is 7.92. The highest BCUT2D eigenvalue weighted by Gasteiger charge is 2.14. The second-order valence-corrected chi connectivity index (χ2v) is 2.56. The lowest BCUT2D eigenvalue weighted by Crippen LogP contribution is -2.30. The number of hydrogen-bond acceptors (Lipinski definition) is 1. The Morgan fingerprint density at radius 3 is 2.70 bits per heavy atom. The quantitative estimate of drug-likeness (QED) is 0.578. The summed E-state index contributed by atoms with van der Waals surface area (Å²) in [5, 5.41) is 0. The summed E-state index contributed by atoms with van der Waals surface area (Å²) in [4.78, 5) is 1.72. The van der Waals surface area contributed by atoms with Crippen molar-refractivity contribution in [3.8, 4) is 0 Å². The van der Waals surface area contributed by atoms with Gasteiger partial charge in [-0.2, -0.15) is 0 Å². The second-order valence-electron chi connectivity index (χ2n) is 2.56. The summed E-state index contributed by atoms with van der Waals surface area (Å²) in [6.07, 6.45) is 0.990. The van der Waals surface area contributed by atoms with Gasteiger partial charge in [0.1, 0.15) is 0 Å². The number of alkyl halides is 2. The highest BCUT2D eigenvalue weighted by atomic mass is 19.3. The molecule has 3 heteroatoms. The third kappa shape index (κ3) is 2.60. The van der Waals surface area contributed by atoms with Crippen molar-refractivity contribution >= 4 is 0 Å².